The van der Waals surface area contributed by atoms with Crippen molar-refractivity contribution in [2.45, 2.75) is 45.9 Å². The van der Waals surface area contributed by atoms with E-state index in [2.05, 4.69) is 35.6 Å². The van der Waals surface area contributed by atoms with Gasteiger partial charge in [-0.05, 0) is 72.0 Å². The van der Waals surface area contributed by atoms with Crippen LogP contribution in [0.3, 0.4) is 0 Å². The lowest BCUT2D eigenvalue weighted by atomic mass is 9.87. The lowest BCUT2D eigenvalue weighted by Gasteiger charge is -2.38. The highest BCUT2D eigenvalue weighted by atomic mass is 19.1. The number of furan rings is 1. The number of amides is 2. The molecule has 2 heterocycles. The first kappa shape index (κ1) is 26.2. The van der Waals surface area contributed by atoms with Gasteiger partial charge in [0.25, 0.3) is 5.91 Å². The van der Waals surface area contributed by atoms with Crippen molar-refractivity contribution in [1.29, 1.82) is 0 Å². The first-order valence-corrected chi connectivity index (χ1v) is 13.1. The summed E-state index contributed by atoms with van der Waals surface area (Å²) in [6.07, 6.45) is 1.24. The molecule has 5 rings (SSSR count). The second-order valence-corrected chi connectivity index (χ2v) is 9.73. The fourth-order valence-corrected chi connectivity index (χ4v) is 4.91. The number of halogens is 1. The first-order valence-electron chi connectivity index (χ1n) is 13.1. The van der Waals surface area contributed by atoms with Crippen molar-refractivity contribution in [3.8, 4) is 5.75 Å². The van der Waals surface area contributed by atoms with E-state index in [1.54, 1.807) is 24.3 Å². The molecule has 4 aromatic rings. The average molecular weight is 527 g/mol. The van der Waals surface area contributed by atoms with Gasteiger partial charge in [-0.15, -0.1) is 0 Å². The molecule has 200 valence electrons. The summed E-state index contributed by atoms with van der Waals surface area (Å²) in [5.41, 5.74) is 5.15. The number of rotatable bonds is 8. The fourth-order valence-electron chi connectivity index (χ4n) is 4.91. The zero-order valence-corrected chi connectivity index (χ0v) is 22.1. The Morgan fingerprint density at radius 3 is 2.64 bits per heavy atom. The van der Waals surface area contributed by atoms with Crippen LogP contribution in [0.2, 0.25) is 0 Å². The van der Waals surface area contributed by atoms with Gasteiger partial charge in [-0.25, -0.2) is 4.39 Å². The predicted octanol–water partition coefficient (Wildman–Crippen LogP) is 6.12. The number of hydrogen-bond acceptors (Lipinski definition) is 4. The third-order valence-electron chi connectivity index (χ3n) is 6.97. The molecule has 0 saturated carbocycles. The molecular formula is C32H31FN2O4. The van der Waals surface area contributed by atoms with Gasteiger partial charge in [0.05, 0.1) is 6.04 Å². The summed E-state index contributed by atoms with van der Waals surface area (Å²) < 4.78 is 25.1. The van der Waals surface area contributed by atoms with Crippen LogP contribution >= 0.6 is 0 Å². The number of fused-ring (bicyclic) bond motifs is 1. The van der Waals surface area contributed by atoms with E-state index in [1.807, 2.05) is 30.9 Å². The summed E-state index contributed by atoms with van der Waals surface area (Å²) in [6.45, 7) is 4.95. The Kier molecular flexibility index (Phi) is 7.77. The number of aryl methyl sites for hydroxylation is 1. The van der Waals surface area contributed by atoms with Crippen LogP contribution in [0.15, 0.2) is 83.3 Å². The molecule has 1 atom stereocenters. The molecule has 0 bridgehead atoms. The Bertz CT molecular complexity index is 1480. The Labute approximate surface area is 227 Å². The van der Waals surface area contributed by atoms with Crippen molar-refractivity contribution in [2.24, 2.45) is 0 Å². The molecule has 7 heteroatoms. The lowest BCUT2D eigenvalue weighted by Crippen LogP contribution is -2.40. The van der Waals surface area contributed by atoms with Crippen LogP contribution in [0.5, 0.6) is 5.75 Å². The maximum atomic E-state index is 13.4. The lowest BCUT2D eigenvalue weighted by molar-refractivity contribution is -0.132. The van der Waals surface area contributed by atoms with Crippen LogP contribution in [0, 0.1) is 12.7 Å². The predicted molar refractivity (Wildman–Crippen MR) is 146 cm³/mol. The normalized spacial score (nSPS) is 14.5. The molecule has 2 amide bonds. The Morgan fingerprint density at radius 2 is 1.87 bits per heavy atom. The topological polar surface area (TPSA) is 71.8 Å². The summed E-state index contributed by atoms with van der Waals surface area (Å²) in [5, 5.41) is 2.73. The van der Waals surface area contributed by atoms with Gasteiger partial charge in [-0.1, -0.05) is 55.0 Å². The molecule has 1 aliphatic rings. The van der Waals surface area contributed by atoms with Crippen LogP contribution in [-0.2, 0) is 24.4 Å². The summed E-state index contributed by atoms with van der Waals surface area (Å²) in [7, 11) is 0. The smallest absolute Gasteiger partial charge is 0.287 e. The Balaban J connectivity index is 1.29. The van der Waals surface area contributed by atoms with Crippen LogP contribution in [0.25, 0.3) is 0 Å². The zero-order valence-electron chi connectivity index (χ0n) is 22.1. The van der Waals surface area contributed by atoms with Crippen LogP contribution in [0.1, 0.15) is 63.5 Å². The highest BCUT2D eigenvalue weighted by molar-refractivity contribution is 5.91. The molecule has 0 spiro atoms. The number of nitrogens with one attached hydrogen (secondary N) is 1. The summed E-state index contributed by atoms with van der Waals surface area (Å²) in [4.78, 5) is 27.3. The van der Waals surface area contributed by atoms with Gasteiger partial charge in [0.15, 0.2) is 5.76 Å². The van der Waals surface area contributed by atoms with Crippen molar-refractivity contribution >= 4 is 11.8 Å². The van der Waals surface area contributed by atoms with Crippen LogP contribution in [-0.4, -0.2) is 23.3 Å². The minimum Gasteiger partial charge on any atom is -0.486 e. The number of carbonyl (C=O) groups excluding carboxylic acids is 2. The largest absolute Gasteiger partial charge is 0.486 e. The van der Waals surface area contributed by atoms with Gasteiger partial charge >= 0.3 is 0 Å². The van der Waals surface area contributed by atoms with Gasteiger partial charge in [0.1, 0.15) is 23.9 Å². The van der Waals surface area contributed by atoms with E-state index in [9.17, 15) is 14.0 Å². The first-order chi connectivity index (χ1) is 18.9. The third kappa shape index (κ3) is 6.03. The Hall–Kier alpha value is -4.39. The van der Waals surface area contributed by atoms with E-state index in [0.29, 0.717) is 30.0 Å². The quantitative estimate of drug-likeness (QED) is 0.300. The minimum atomic E-state index is -0.388. The van der Waals surface area contributed by atoms with Crippen molar-refractivity contribution in [3.63, 3.8) is 0 Å². The standard InChI is InChI=1S/C32H31FN2O4/c1-3-30(36)35-16-15-23-11-12-26(18-28(23)31(35)24-9-7-21(2)8-10-24)38-20-27-13-14-29(39-27)32(37)34-19-22-5-4-6-25(33)17-22/h4-14,17-18,31H,3,15-16,19-20H2,1-2H3,(H,34,37). The molecule has 1 unspecified atom stereocenters. The van der Waals surface area contributed by atoms with Crippen molar-refractivity contribution in [3.05, 3.63) is 124 Å². The van der Waals surface area contributed by atoms with E-state index in [1.165, 1.54) is 23.3 Å². The molecule has 6 nitrogen and oxygen atoms in total. The molecule has 1 aliphatic heterocycles. The zero-order chi connectivity index (χ0) is 27.4. The molecule has 3 aromatic carbocycles. The van der Waals surface area contributed by atoms with E-state index in [4.69, 9.17) is 9.15 Å². The number of nitrogens with zero attached hydrogens (tertiary/aromatic N) is 1. The molecule has 0 radical (unpaired) electrons. The molecule has 0 aliphatic carbocycles. The van der Waals surface area contributed by atoms with Crippen LogP contribution in [0.4, 0.5) is 4.39 Å². The second-order valence-electron chi connectivity index (χ2n) is 9.73. The van der Waals surface area contributed by atoms with Gasteiger partial charge in [-0.3, -0.25) is 9.59 Å². The van der Waals surface area contributed by atoms with Gasteiger partial charge < -0.3 is 19.4 Å². The number of ether oxygens (including phenoxy) is 1. The molecule has 0 fully saturated rings. The summed E-state index contributed by atoms with van der Waals surface area (Å²) in [5.74, 6) is 0.698. The SMILES string of the molecule is CCC(=O)N1CCc2ccc(OCc3ccc(C(=O)NCc4cccc(F)c4)o3)cc2C1c1ccc(C)cc1. The van der Waals surface area contributed by atoms with Gasteiger partial charge in [-0.2, -0.15) is 0 Å². The molecule has 39 heavy (non-hydrogen) atoms. The highest BCUT2D eigenvalue weighted by Crippen LogP contribution is 2.37. The molecule has 1 N–H and O–H groups in total. The van der Waals surface area contributed by atoms with Gasteiger partial charge in [0.2, 0.25) is 5.91 Å². The van der Waals surface area contributed by atoms with Crippen molar-refractivity contribution < 1.29 is 23.1 Å². The maximum Gasteiger partial charge on any atom is 0.287 e. The number of benzene rings is 3. The third-order valence-corrected chi connectivity index (χ3v) is 6.97. The highest BCUT2D eigenvalue weighted by Gasteiger charge is 2.31. The van der Waals surface area contributed by atoms with Crippen LogP contribution < -0.4 is 10.1 Å². The molecule has 0 saturated heterocycles. The van der Waals surface area contributed by atoms with E-state index in [-0.39, 0.29) is 42.6 Å². The minimum absolute atomic E-state index is 0.122. The number of carbonyl (C=O) groups is 2. The van der Waals surface area contributed by atoms with Gasteiger partial charge in [0, 0.05) is 19.5 Å². The fraction of sp³-hybridized carbons (Fsp3) is 0.250. The maximum absolute atomic E-state index is 13.4. The van der Waals surface area contributed by atoms with E-state index < -0.39 is 0 Å². The average Bonchev–Trinajstić information content (AvgIpc) is 3.43. The van der Waals surface area contributed by atoms with E-state index in [0.717, 1.165) is 17.5 Å². The molecular weight excluding hydrogens is 495 g/mol. The van der Waals surface area contributed by atoms with Crippen molar-refractivity contribution in [1.82, 2.24) is 10.2 Å². The monoisotopic (exact) mass is 526 g/mol. The second kappa shape index (κ2) is 11.6. The Morgan fingerprint density at radius 1 is 1.05 bits per heavy atom. The molecule has 1 aromatic heterocycles. The van der Waals surface area contributed by atoms with Crippen molar-refractivity contribution in [2.75, 3.05) is 6.54 Å². The van der Waals surface area contributed by atoms with E-state index >= 15 is 0 Å². The number of hydrogen-bond donors (Lipinski definition) is 1. The summed E-state index contributed by atoms with van der Waals surface area (Å²) >= 11 is 0. The summed E-state index contributed by atoms with van der Waals surface area (Å²) in [6, 6.07) is 23.5.